The maximum Gasteiger partial charge on any atom is 0.170 e. The molecule has 0 amide bonds. The molecule has 5 rings (SSSR count). The van der Waals surface area contributed by atoms with Crippen LogP contribution < -0.4 is 5.32 Å². The van der Waals surface area contributed by atoms with Gasteiger partial charge in [-0.05, 0) is 80.0 Å². The Balaban J connectivity index is 1.61. The van der Waals surface area contributed by atoms with Crippen molar-refractivity contribution in [3.05, 3.63) is 82.9 Å². The SMILES string of the molecule is Cc1cc(-n2cccc2[C@H]2[C@H](c3ccccn3)NC(=S)N2C2CCCCC2)ccc1Cl. The van der Waals surface area contributed by atoms with Gasteiger partial charge in [-0.3, -0.25) is 4.98 Å². The maximum atomic E-state index is 6.30. The van der Waals surface area contributed by atoms with Gasteiger partial charge in [-0.2, -0.15) is 0 Å². The molecule has 3 aromatic rings. The van der Waals surface area contributed by atoms with E-state index in [0.717, 1.165) is 27.1 Å². The molecule has 6 heteroatoms. The minimum absolute atomic E-state index is 0.0117. The van der Waals surface area contributed by atoms with Crippen LogP contribution in [0.1, 0.15) is 61.1 Å². The van der Waals surface area contributed by atoms with Crippen LogP contribution in [0.25, 0.3) is 5.69 Å². The van der Waals surface area contributed by atoms with E-state index in [-0.39, 0.29) is 12.1 Å². The molecule has 0 spiro atoms. The molecule has 0 bridgehead atoms. The average Bonchev–Trinajstić information content (AvgIpc) is 3.41. The van der Waals surface area contributed by atoms with Gasteiger partial charge in [0.05, 0.1) is 17.8 Å². The molecule has 2 atom stereocenters. The number of benzene rings is 1. The first-order valence-electron chi connectivity index (χ1n) is 11.1. The third-order valence-corrected chi connectivity index (χ3v) is 7.36. The van der Waals surface area contributed by atoms with E-state index in [1.807, 2.05) is 25.3 Å². The molecule has 1 aromatic carbocycles. The number of rotatable bonds is 4. The Bertz CT molecular complexity index is 1070. The van der Waals surface area contributed by atoms with Gasteiger partial charge < -0.3 is 14.8 Å². The molecular weight excluding hydrogens is 424 g/mol. The first-order chi connectivity index (χ1) is 15.1. The number of hydrogen-bond donors (Lipinski definition) is 1. The van der Waals surface area contributed by atoms with Gasteiger partial charge in [0.2, 0.25) is 0 Å². The van der Waals surface area contributed by atoms with E-state index in [9.17, 15) is 0 Å². The number of pyridine rings is 1. The zero-order valence-electron chi connectivity index (χ0n) is 17.7. The molecular formula is C25H27ClN4S. The number of hydrogen-bond acceptors (Lipinski definition) is 2. The van der Waals surface area contributed by atoms with Gasteiger partial charge in [0, 0.05) is 34.8 Å². The van der Waals surface area contributed by atoms with E-state index < -0.39 is 0 Å². The van der Waals surface area contributed by atoms with Crippen molar-refractivity contribution >= 4 is 28.9 Å². The highest BCUT2D eigenvalue weighted by Crippen LogP contribution is 2.43. The van der Waals surface area contributed by atoms with Crippen LogP contribution >= 0.6 is 23.8 Å². The third kappa shape index (κ3) is 3.85. The number of aromatic nitrogens is 2. The molecule has 160 valence electrons. The lowest BCUT2D eigenvalue weighted by Gasteiger charge is -2.37. The van der Waals surface area contributed by atoms with Gasteiger partial charge in [-0.15, -0.1) is 0 Å². The fourth-order valence-electron chi connectivity index (χ4n) is 5.08. The highest BCUT2D eigenvalue weighted by molar-refractivity contribution is 7.80. The molecule has 3 heterocycles. The molecule has 1 aliphatic carbocycles. The second-order valence-electron chi connectivity index (χ2n) is 8.56. The lowest BCUT2D eigenvalue weighted by atomic mass is 9.92. The van der Waals surface area contributed by atoms with Crippen molar-refractivity contribution in [3.8, 4) is 5.69 Å². The molecule has 1 N–H and O–H groups in total. The van der Waals surface area contributed by atoms with Crippen LogP contribution in [0.3, 0.4) is 0 Å². The van der Waals surface area contributed by atoms with Gasteiger partial charge in [0.15, 0.2) is 5.11 Å². The fraction of sp³-hybridized carbons (Fsp3) is 0.360. The van der Waals surface area contributed by atoms with Crippen LogP contribution in [0.2, 0.25) is 5.02 Å². The number of nitrogens with zero attached hydrogens (tertiary/aromatic N) is 3. The van der Waals surface area contributed by atoms with Gasteiger partial charge >= 0.3 is 0 Å². The second-order valence-corrected chi connectivity index (χ2v) is 9.36. The summed E-state index contributed by atoms with van der Waals surface area (Å²) >= 11 is 12.2. The molecule has 4 nitrogen and oxygen atoms in total. The second kappa shape index (κ2) is 8.64. The first-order valence-corrected chi connectivity index (χ1v) is 11.9. The van der Waals surface area contributed by atoms with E-state index in [4.69, 9.17) is 23.8 Å². The Hall–Kier alpha value is -2.37. The quantitative estimate of drug-likeness (QED) is 0.484. The van der Waals surface area contributed by atoms with Crippen molar-refractivity contribution in [2.24, 2.45) is 0 Å². The molecule has 31 heavy (non-hydrogen) atoms. The van der Waals surface area contributed by atoms with E-state index in [1.54, 1.807) is 0 Å². The van der Waals surface area contributed by atoms with Crippen LogP contribution in [0.4, 0.5) is 0 Å². The molecule has 1 saturated heterocycles. The third-order valence-electron chi connectivity index (χ3n) is 6.61. The minimum atomic E-state index is 0.0117. The van der Waals surface area contributed by atoms with Gasteiger partial charge in [0.25, 0.3) is 0 Å². The maximum absolute atomic E-state index is 6.30. The van der Waals surface area contributed by atoms with E-state index in [1.165, 1.54) is 37.8 Å². The summed E-state index contributed by atoms with van der Waals surface area (Å²) < 4.78 is 2.27. The topological polar surface area (TPSA) is 33.1 Å². The number of thiocarbonyl (C=S) groups is 1. The predicted molar refractivity (Wildman–Crippen MR) is 130 cm³/mol. The molecule has 0 radical (unpaired) electrons. The van der Waals surface area contributed by atoms with Crippen molar-refractivity contribution in [1.29, 1.82) is 0 Å². The van der Waals surface area contributed by atoms with Crippen molar-refractivity contribution in [3.63, 3.8) is 0 Å². The molecule has 0 unspecified atom stereocenters. The summed E-state index contributed by atoms with van der Waals surface area (Å²) in [4.78, 5) is 7.15. The van der Waals surface area contributed by atoms with Crippen molar-refractivity contribution in [2.75, 3.05) is 0 Å². The summed E-state index contributed by atoms with van der Waals surface area (Å²) in [5.41, 5.74) is 4.43. The number of halogens is 1. The summed E-state index contributed by atoms with van der Waals surface area (Å²) in [6.45, 7) is 2.05. The standard InChI is InChI=1S/C25H27ClN4S/c1-17-16-19(12-13-20(17)26)29-15-7-11-22(29)24-23(21-10-5-6-14-27-21)28-25(31)30(24)18-8-3-2-4-9-18/h5-7,10-16,18,23-24H,2-4,8-9H2,1H3,(H,28,31)/t23-,24-/m0/s1. The highest BCUT2D eigenvalue weighted by atomic mass is 35.5. The summed E-state index contributed by atoms with van der Waals surface area (Å²) in [6.07, 6.45) is 10.2. The Morgan fingerprint density at radius 3 is 2.65 bits per heavy atom. The molecule has 1 aliphatic heterocycles. The lowest BCUT2D eigenvalue weighted by Crippen LogP contribution is -2.40. The lowest BCUT2D eigenvalue weighted by molar-refractivity contribution is 0.193. The van der Waals surface area contributed by atoms with Crippen molar-refractivity contribution < 1.29 is 0 Å². The first kappa shape index (κ1) is 20.5. The van der Waals surface area contributed by atoms with E-state index in [0.29, 0.717) is 6.04 Å². The van der Waals surface area contributed by atoms with Crippen LogP contribution in [-0.2, 0) is 0 Å². The zero-order valence-corrected chi connectivity index (χ0v) is 19.2. The Kier molecular flexibility index (Phi) is 5.72. The monoisotopic (exact) mass is 450 g/mol. The summed E-state index contributed by atoms with van der Waals surface area (Å²) in [5.74, 6) is 0. The van der Waals surface area contributed by atoms with Gasteiger partial charge in [0.1, 0.15) is 0 Å². The summed E-state index contributed by atoms with van der Waals surface area (Å²) in [6, 6.07) is 17.2. The largest absolute Gasteiger partial charge is 0.352 e. The number of nitrogens with one attached hydrogen (secondary N) is 1. The fourth-order valence-corrected chi connectivity index (χ4v) is 5.59. The van der Waals surface area contributed by atoms with Gasteiger partial charge in [-0.1, -0.05) is 36.9 Å². The van der Waals surface area contributed by atoms with E-state index in [2.05, 4.69) is 62.4 Å². The molecule has 1 saturated carbocycles. The van der Waals surface area contributed by atoms with Crippen molar-refractivity contribution in [2.45, 2.75) is 57.2 Å². The van der Waals surface area contributed by atoms with Crippen LogP contribution in [0.15, 0.2) is 60.9 Å². The molecule has 2 aromatic heterocycles. The molecule has 2 aliphatic rings. The smallest absolute Gasteiger partial charge is 0.170 e. The Morgan fingerprint density at radius 1 is 1.06 bits per heavy atom. The normalized spacial score (nSPS) is 22.0. The van der Waals surface area contributed by atoms with E-state index >= 15 is 0 Å². The van der Waals surface area contributed by atoms with Crippen LogP contribution in [0.5, 0.6) is 0 Å². The average molecular weight is 451 g/mol. The van der Waals surface area contributed by atoms with Crippen LogP contribution in [0, 0.1) is 6.92 Å². The summed E-state index contributed by atoms with van der Waals surface area (Å²) in [7, 11) is 0. The highest BCUT2D eigenvalue weighted by Gasteiger charge is 2.44. The zero-order chi connectivity index (χ0) is 21.4. The minimum Gasteiger partial charge on any atom is -0.352 e. The Morgan fingerprint density at radius 2 is 1.90 bits per heavy atom. The summed E-state index contributed by atoms with van der Waals surface area (Å²) in [5, 5.41) is 5.24. The van der Waals surface area contributed by atoms with Crippen molar-refractivity contribution in [1.82, 2.24) is 19.8 Å². The Labute approximate surface area is 194 Å². The predicted octanol–water partition coefficient (Wildman–Crippen LogP) is 6.14. The number of aryl methyl sites for hydroxylation is 1. The van der Waals surface area contributed by atoms with Crippen LogP contribution in [-0.4, -0.2) is 25.6 Å². The van der Waals surface area contributed by atoms with Gasteiger partial charge in [-0.25, -0.2) is 0 Å². The molecule has 2 fully saturated rings.